The quantitative estimate of drug-likeness (QED) is 0.243. The monoisotopic (exact) mass is 527 g/mol. The van der Waals surface area contributed by atoms with E-state index in [1.165, 1.54) is 16.0 Å². The molecule has 0 spiro atoms. The Kier molecular flexibility index (Phi) is 10.1. The van der Waals surface area contributed by atoms with Crippen LogP contribution in [-0.2, 0) is 17.8 Å². The van der Waals surface area contributed by atoms with E-state index < -0.39 is 0 Å². The van der Waals surface area contributed by atoms with Gasteiger partial charge in [-0.2, -0.15) is 0 Å². The van der Waals surface area contributed by atoms with Gasteiger partial charge in [-0.05, 0) is 42.5 Å². The maximum Gasteiger partial charge on any atom is 0.191 e. The summed E-state index contributed by atoms with van der Waals surface area (Å²) in [6.45, 7) is 4.90. The van der Waals surface area contributed by atoms with E-state index in [-0.39, 0.29) is 30.1 Å². The molecule has 1 aliphatic rings. The largest absolute Gasteiger partial charge is 0.488 e. The van der Waals surface area contributed by atoms with Gasteiger partial charge in [-0.1, -0.05) is 24.3 Å². The van der Waals surface area contributed by atoms with Crippen molar-refractivity contribution >= 4 is 41.7 Å². The zero-order chi connectivity index (χ0) is 19.8. The van der Waals surface area contributed by atoms with Crippen LogP contribution in [0.2, 0.25) is 0 Å². The fourth-order valence-corrected chi connectivity index (χ4v) is 3.44. The first-order valence-electron chi connectivity index (χ1n) is 9.59. The fraction of sp³-hybridized carbons (Fsp3) is 0.409. The summed E-state index contributed by atoms with van der Waals surface area (Å²) >= 11 is 1.75. The molecule has 1 aliphatic heterocycles. The van der Waals surface area contributed by atoms with Crippen molar-refractivity contribution in [1.82, 2.24) is 10.6 Å². The van der Waals surface area contributed by atoms with Crippen LogP contribution in [0.15, 0.2) is 52.4 Å². The maximum absolute atomic E-state index is 6.18. The smallest absolute Gasteiger partial charge is 0.191 e. The predicted octanol–water partition coefficient (Wildman–Crippen LogP) is 4.37. The number of rotatable bonds is 7. The van der Waals surface area contributed by atoms with Gasteiger partial charge in [0.1, 0.15) is 11.9 Å². The van der Waals surface area contributed by atoms with Crippen LogP contribution >= 0.6 is 35.7 Å². The molecule has 7 heteroatoms. The Morgan fingerprint density at radius 1 is 1.17 bits per heavy atom. The van der Waals surface area contributed by atoms with Gasteiger partial charge in [-0.15, -0.1) is 35.7 Å². The number of nitrogens with zero attached hydrogens (tertiary/aromatic N) is 1. The molecule has 0 saturated carbocycles. The molecule has 29 heavy (non-hydrogen) atoms. The third kappa shape index (κ3) is 7.38. The molecule has 2 aromatic rings. The SMILES string of the molecule is CN=C(NCc1ccc(SC)cc1)NCc1ccc(C)cc1OC1CCOC1.I. The summed E-state index contributed by atoms with van der Waals surface area (Å²) < 4.78 is 11.6. The van der Waals surface area contributed by atoms with Crippen molar-refractivity contribution in [2.75, 3.05) is 26.5 Å². The molecular formula is C22H30IN3O2S. The second kappa shape index (κ2) is 12.3. The Balaban J connectivity index is 0.00000300. The van der Waals surface area contributed by atoms with Gasteiger partial charge in [0.15, 0.2) is 5.96 Å². The number of hydrogen-bond acceptors (Lipinski definition) is 4. The van der Waals surface area contributed by atoms with Crippen molar-refractivity contribution in [2.24, 2.45) is 4.99 Å². The van der Waals surface area contributed by atoms with Crippen LogP contribution < -0.4 is 15.4 Å². The van der Waals surface area contributed by atoms with Crippen LogP contribution in [0.1, 0.15) is 23.1 Å². The van der Waals surface area contributed by atoms with Crippen LogP contribution in [0.5, 0.6) is 5.75 Å². The third-order valence-corrected chi connectivity index (χ3v) is 5.44. The first kappa shape index (κ1) is 23.8. The number of aryl methyl sites for hydroxylation is 1. The molecule has 1 saturated heterocycles. The Labute approximate surface area is 195 Å². The number of thioether (sulfide) groups is 1. The van der Waals surface area contributed by atoms with Gasteiger partial charge in [0.25, 0.3) is 0 Å². The van der Waals surface area contributed by atoms with E-state index in [2.05, 4.69) is 71.3 Å². The molecule has 0 amide bonds. The molecule has 1 atom stereocenters. The lowest BCUT2D eigenvalue weighted by Gasteiger charge is -2.18. The highest BCUT2D eigenvalue weighted by Crippen LogP contribution is 2.23. The number of nitrogens with one attached hydrogen (secondary N) is 2. The van der Waals surface area contributed by atoms with Gasteiger partial charge >= 0.3 is 0 Å². The highest BCUT2D eigenvalue weighted by molar-refractivity contribution is 14.0. The highest BCUT2D eigenvalue weighted by atomic mass is 127. The van der Waals surface area contributed by atoms with Crippen LogP contribution in [0.25, 0.3) is 0 Å². The summed E-state index contributed by atoms with van der Waals surface area (Å²) in [7, 11) is 1.79. The molecule has 2 aromatic carbocycles. The van der Waals surface area contributed by atoms with E-state index in [9.17, 15) is 0 Å². The van der Waals surface area contributed by atoms with E-state index in [0.717, 1.165) is 36.8 Å². The van der Waals surface area contributed by atoms with E-state index in [1.54, 1.807) is 18.8 Å². The molecule has 0 aromatic heterocycles. The first-order chi connectivity index (χ1) is 13.7. The lowest BCUT2D eigenvalue weighted by Crippen LogP contribution is -2.36. The number of hydrogen-bond donors (Lipinski definition) is 2. The molecule has 1 fully saturated rings. The second-order valence-electron chi connectivity index (χ2n) is 6.84. The van der Waals surface area contributed by atoms with E-state index in [1.807, 2.05) is 0 Å². The molecule has 5 nitrogen and oxygen atoms in total. The lowest BCUT2D eigenvalue weighted by molar-refractivity contribution is 0.140. The first-order valence-corrected chi connectivity index (χ1v) is 10.8. The van der Waals surface area contributed by atoms with Gasteiger partial charge in [0.05, 0.1) is 13.2 Å². The number of benzene rings is 2. The van der Waals surface area contributed by atoms with Gasteiger partial charge < -0.3 is 20.1 Å². The molecule has 3 rings (SSSR count). The molecular weight excluding hydrogens is 497 g/mol. The molecule has 1 unspecified atom stereocenters. The predicted molar refractivity (Wildman–Crippen MR) is 132 cm³/mol. The van der Waals surface area contributed by atoms with Crippen LogP contribution in [-0.4, -0.2) is 38.6 Å². The van der Waals surface area contributed by atoms with Gasteiger partial charge in [-0.3, -0.25) is 4.99 Å². The van der Waals surface area contributed by atoms with Crippen LogP contribution in [0.4, 0.5) is 0 Å². The van der Waals surface area contributed by atoms with Crippen molar-refractivity contribution in [3.05, 3.63) is 59.2 Å². The summed E-state index contributed by atoms with van der Waals surface area (Å²) in [5.41, 5.74) is 3.53. The molecule has 0 radical (unpaired) electrons. The minimum atomic E-state index is 0. The normalized spacial score (nSPS) is 16.2. The number of guanidine groups is 1. The Morgan fingerprint density at radius 3 is 2.59 bits per heavy atom. The van der Waals surface area contributed by atoms with Gasteiger partial charge in [-0.25, -0.2) is 0 Å². The second-order valence-corrected chi connectivity index (χ2v) is 7.72. The molecule has 0 aliphatic carbocycles. The number of ether oxygens (including phenoxy) is 2. The zero-order valence-corrected chi connectivity index (χ0v) is 20.4. The van der Waals surface area contributed by atoms with Crippen molar-refractivity contribution < 1.29 is 9.47 Å². The summed E-state index contributed by atoms with van der Waals surface area (Å²) in [6, 6.07) is 14.9. The minimum absolute atomic E-state index is 0. The molecule has 158 valence electrons. The summed E-state index contributed by atoms with van der Waals surface area (Å²) in [5.74, 6) is 1.69. The molecule has 0 bridgehead atoms. The number of halogens is 1. The van der Waals surface area contributed by atoms with Crippen LogP contribution in [0.3, 0.4) is 0 Å². The average molecular weight is 527 g/mol. The average Bonchev–Trinajstić information content (AvgIpc) is 3.23. The highest BCUT2D eigenvalue weighted by Gasteiger charge is 2.18. The summed E-state index contributed by atoms with van der Waals surface area (Å²) in [6.07, 6.45) is 3.17. The Morgan fingerprint density at radius 2 is 1.93 bits per heavy atom. The minimum Gasteiger partial charge on any atom is -0.488 e. The Bertz CT molecular complexity index is 793. The van der Waals surface area contributed by atoms with Crippen molar-refractivity contribution in [2.45, 2.75) is 37.4 Å². The van der Waals surface area contributed by atoms with Crippen LogP contribution in [0, 0.1) is 6.92 Å². The van der Waals surface area contributed by atoms with Gasteiger partial charge in [0, 0.05) is 37.0 Å². The topological polar surface area (TPSA) is 54.9 Å². The fourth-order valence-electron chi connectivity index (χ4n) is 3.03. The lowest BCUT2D eigenvalue weighted by atomic mass is 10.1. The van der Waals surface area contributed by atoms with Crippen molar-refractivity contribution in [3.63, 3.8) is 0 Å². The summed E-state index contributed by atoms with van der Waals surface area (Å²) in [5, 5.41) is 6.76. The van der Waals surface area contributed by atoms with Crippen molar-refractivity contribution in [1.29, 1.82) is 0 Å². The third-order valence-electron chi connectivity index (χ3n) is 4.69. The Hall–Kier alpha value is -1.45. The maximum atomic E-state index is 6.18. The van der Waals surface area contributed by atoms with E-state index in [0.29, 0.717) is 13.2 Å². The number of aliphatic imine (C=N–C) groups is 1. The standard InChI is InChI=1S/C22H29N3O2S.HI/c1-16-4-7-18(21(12-16)27-19-10-11-26-15-19)14-25-22(23-2)24-13-17-5-8-20(28-3)9-6-17;/h4-9,12,19H,10-11,13-15H2,1-3H3,(H2,23,24,25);1H. The van der Waals surface area contributed by atoms with E-state index >= 15 is 0 Å². The van der Waals surface area contributed by atoms with Gasteiger partial charge in [0.2, 0.25) is 0 Å². The summed E-state index contributed by atoms with van der Waals surface area (Å²) in [4.78, 5) is 5.60. The zero-order valence-electron chi connectivity index (χ0n) is 17.2. The van der Waals surface area contributed by atoms with E-state index in [4.69, 9.17) is 9.47 Å². The molecule has 1 heterocycles. The molecule has 2 N–H and O–H groups in total. The van der Waals surface area contributed by atoms with Crippen molar-refractivity contribution in [3.8, 4) is 5.75 Å².